The Morgan fingerprint density at radius 2 is 1.82 bits per heavy atom. The van der Waals surface area contributed by atoms with Gasteiger partial charge in [-0.05, 0) is 12.1 Å². The number of alkyl halides is 3. The quantitative estimate of drug-likeness (QED) is 0.714. The molecule has 3 aromatic rings. The van der Waals surface area contributed by atoms with Crippen molar-refractivity contribution < 1.29 is 18.0 Å². The third kappa shape index (κ3) is 4.34. The van der Waals surface area contributed by atoms with E-state index in [-0.39, 0.29) is 0 Å². The van der Waals surface area contributed by atoms with E-state index in [1.165, 1.54) is 12.1 Å². The first-order valence-electron chi connectivity index (χ1n) is 7.97. The molecule has 0 spiro atoms. The highest BCUT2D eigenvalue weighted by atomic mass is 19.4. The Balaban J connectivity index is 1.83. The van der Waals surface area contributed by atoms with Crippen molar-refractivity contribution >= 4 is 11.6 Å². The van der Waals surface area contributed by atoms with E-state index < -0.39 is 41.0 Å². The number of anilines is 1. The Morgan fingerprint density at radius 1 is 1.11 bits per heavy atom. The SMILES string of the molecule is O=C(Cn1nc(-c2ccccc2)ccc1=O)Nc1cc(C(F)(F)F)c[nH]c1=O. The number of carbonyl (C=O) groups is 1. The van der Waals surface area contributed by atoms with E-state index in [4.69, 9.17) is 0 Å². The van der Waals surface area contributed by atoms with E-state index in [9.17, 15) is 27.6 Å². The second-order valence-corrected chi connectivity index (χ2v) is 5.76. The summed E-state index contributed by atoms with van der Waals surface area (Å²) >= 11 is 0. The van der Waals surface area contributed by atoms with Crippen molar-refractivity contribution in [3.05, 3.63) is 81.0 Å². The molecule has 2 aromatic heterocycles. The van der Waals surface area contributed by atoms with Gasteiger partial charge in [0.2, 0.25) is 5.91 Å². The van der Waals surface area contributed by atoms with Crippen molar-refractivity contribution in [3.63, 3.8) is 0 Å². The molecule has 7 nitrogen and oxygen atoms in total. The minimum Gasteiger partial charge on any atom is -0.327 e. The third-order valence-corrected chi connectivity index (χ3v) is 3.73. The van der Waals surface area contributed by atoms with Gasteiger partial charge in [-0.3, -0.25) is 14.4 Å². The number of aromatic nitrogens is 3. The molecule has 0 radical (unpaired) electrons. The van der Waals surface area contributed by atoms with Gasteiger partial charge in [-0.25, -0.2) is 4.68 Å². The van der Waals surface area contributed by atoms with Gasteiger partial charge < -0.3 is 10.3 Å². The summed E-state index contributed by atoms with van der Waals surface area (Å²) in [5.41, 5.74) is -2.03. The topological polar surface area (TPSA) is 96.8 Å². The number of carbonyl (C=O) groups excluding carboxylic acids is 1. The Hall–Kier alpha value is -3.69. The van der Waals surface area contributed by atoms with Crippen molar-refractivity contribution in [1.82, 2.24) is 14.8 Å². The molecule has 10 heteroatoms. The molecule has 0 fully saturated rings. The van der Waals surface area contributed by atoms with E-state index >= 15 is 0 Å². The summed E-state index contributed by atoms with van der Waals surface area (Å²) in [4.78, 5) is 37.7. The molecule has 2 heterocycles. The highest BCUT2D eigenvalue weighted by Crippen LogP contribution is 2.29. The molecule has 0 unspecified atom stereocenters. The van der Waals surface area contributed by atoms with Crippen LogP contribution in [0, 0.1) is 0 Å². The summed E-state index contributed by atoms with van der Waals surface area (Å²) in [5.74, 6) is -0.871. The minimum absolute atomic E-state index is 0.435. The van der Waals surface area contributed by atoms with E-state index in [1.807, 2.05) is 4.98 Å². The van der Waals surface area contributed by atoms with E-state index in [0.29, 0.717) is 23.5 Å². The van der Waals surface area contributed by atoms with Crippen LogP contribution < -0.4 is 16.4 Å². The Kier molecular flexibility index (Phi) is 5.12. The first-order chi connectivity index (χ1) is 13.2. The number of rotatable bonds is 4. The minimum atomic E-state index is -4.69. The van der Waals surface area contributed by atoms with Gasteiger partial charge in [-0.15, -0.1) is 0 Å². The monoisotopic (exact) mass is 390 g/mol. The maximum Gasteiger partial charge on any atom is 0.417 e. The third-order valence-electron chi connectivity index (χ3n) is 3.73. The van der Waals surface area contributed by atoms with Gasteiger partial charge in [0.1, 0.15) is 12.2 Å². The molecule has 0 aliphatic heterocycles. The van der Waals surface area contributed by atoms with Gasteiger partial charge in [0.05, 0.1) is 11.3 Å². The van der Waals surface area contributed by atoms with Gasteiger partial charge in [0, 0.05) is 17.8 Å². The molecule has 3 rings (SSSR count). The van der Waals surface area contributed by atoms with Crippen LogP contribution in [0.1, 0.15) is 5.56 Å². The smallest absolute Gasteiger partial charge is 0.327 e. The fraction of sp³-hybridized carbons (Fsp3) is 0.111. The number of aromatic amines is 1. The van der Waals surface area contributed by atoms with Gasteiger partial charge >= 0.3 is 6.18 Å². The zero-order chi connectivity index (χ0) is 20.3. The van der Waals surface area contributed by atoms with Crippen molar-refractivity contribution in [2.75, 3.05) is 5.32 Å². The fourth-order valence-electron chi connectivity index (χ4n) is 2.39. The van der Waals surface area contributed by atoms with E-state index in [0.717, 1.165) is 4.68 Å². The lowest BCUT2D eigenvalue weighted by molar-refractivity contribution is -0.137. The molecule has 0 saturated carbocycles. The molecule has 144 valence electrons. The number of H-pyrrole nitrogens is 1. The van der Waals surface area contributed by atoms with Crippen molar-refractivity contribution in [1.29, 1.82) is 0 Å². The summed E-state index contributed by atoms with van der Waals surface area (Å²) < 4.78 is 39.1. The zero-order valence-corrected chi connectivity index (χ0v) is 14.2. The van der Waals surface area contributed by atoms with Crippen molar-refractivity contribution in [2.24, 2.45) is 0 Å². The summed E-state index contributed by atoms with van der Waals surface area (Å²) in [5, 5.41) is 6.16. The number of nitrogens with one attached hydrogen (secondary N) is 2. The number of halogens is 3. The number of hydrogen-bond acceptors (Lipinski definition) is 4. The average molecular weight is 390 g/mol. The number of amides is 1. The number of hydrogen-bond donors (Lipinski definition) is 2. The van der Waals surface area contributed by atoms with Gasteiger partial charge in [0.25, 0.3) is 11.1 Å². The van der Waals surface area contributed by atoms with Crippen LogP contribution in [0.5, 0.6) is 0 Å². The lowest BCUT2D eigenvalue weighted by Gasteiger charge is -2.10. The van der Waals surface area contributed by atoms with E-state index in [2.05, 4.69) is 10.4 Å². The maximum absolute atomic E-state index is 12.8. The summed E-state index contributed by atoms with van der Waals surface area (Å²) in [7, 11) is 0. The normalized spacial score (nSPS) is 11.2. The Bertz CT molecular complexity index is 1120. The molecule has 0 bridgehead atoms. The predicted octanol–water partition coefficient (Wildman–Crippen LogP) is 2.26. The predicted molar refractivity (Wildman–Crippen MR) is 94.6 cm³/mol. The summed E-state index contributed by atoms with van der Waals surface area (Å²) in [6.45, 7) is -0.574. The fourth-order valence-corrected chi connectivity index (χ4v) is 2.39. The highest BCUT2D eigenvalue weighted by molar-refractivity contribution is 5.90. The number of benzene rings is 1. The van der Waals surface area contributed by atoms with Crippen molar-refractivity contribution in [2.45, 2.75) is 12.7 Å². The van der Waals surface area contributed by atoms with Crippen LogP contribution in [0.25, 0.3) is 11.3 Å². The second-order valence-electron chi connectivity index (χ2n) is 5.76. The Morgan fingerprint density at radius 3 is 2.50 bits per heavy atom. The summed E-state index contributed by atoms with van der Waals surface area (Å²) in [6, 6.07) is 12.1. The van der Waals surface area contributed by atoms with Crippen LogP contribution >= 0.6 is 0 Å². The Labute approximate surface area is 155 Å². The van der Waals surface area contributed by atoms with Crippen LogP contribution in [-0.4, -0.2) is 20.7 Å². The van der Waals surface area contributed by atoms with Gasteiger partial charge in [-0.2, -0.15) is 18.3 Å². The zero-order valence-electron chi connectivity index (χ0n) is 14.2. The second kappa shape index (κ2) is 7.51. The highest BCUT2D eigenvalue weighted by Gasteiger charge is 2.31. The van der Waals surface area contributed by atoms with Crippen LogP contribution in [0.2, 0.25) is 0 Å². The van der Waals surface area contributed by atoms with Crippen molar-refractivity contribution in [3.8, 4) is 11.3 Å². The van der Waals surface area contributed by atoms with Gasteiger partial charge in [-0.1, -0.05) is 30.3 Å². The number of pyridine rings is 1. The number of nitrogens with zero attached hydrogens (tertiary/aromatic N) is 2. The molecule has 0 aliphatic rings. The molecular formula is C18H13F3N4O3. The molecule has 28 heavy (non-hydrogen) atoms. The van der Waals surface area contributed by atoms with Gasteiger partial charge in [0.15, 0.2) is 0 Å². The van der Waals surface area contributed by atoms with Crippen LogP contribution in [0.15, 0.2) is 64.3 Å². The summed E-state index contributed by atoms with van der Waals surface area (Å²) in [6.07, 6.45) is -4.18. The molecule has 0 atom stereocenters. The molecule has 1 amide bonds. The molecule has 0 saturated heterocycles. The molecule has 2 N–H and O–H groups in total. The maximum atomic E-state index is 12.8. The first kappa shape index (κ1) is 19.1. The molecular weight excluding hydrogens is 377 g/mol. The van der Waals surface area contributed by atoms with Crippen LogP contribution in [0.3, 0.4) is 0 Å². The van der Waals surface area contributed by atoms with Crippen LogP contribution in [-0.2, 0) is 17.5 Å². The standard InChI is InChI=1S/C18H13F3N4O3/c19-18(20,21)12-8-14(17(28)22-9-12)23-15(26)10-25-16(27)7-6-13(24-25)11-4-2-1-3-5-11/h1-9H,10H2,(H,22,28)(H,23,26). The largest absolute Gasteiger partial charge is 0.417 e. The van der Waals surface area contributed by atoms with Crippen LogP contribution in [0.4, 0.5) is 18.9 Å². The average Bonchev–Trinajstić information content (AvgIpc) is 2.65. The lowest BCUT2D eigenvalue weighted by atomic mass is 10.1. The molecule has 1 aromatic carbocycles. The first-order valence-corrected chi connectivity index (χ1v) is 7.97. The van der Waals surface area contributed by atoms with E-state index in [1.54, 1.807) is 30.3 Å². The molecule has 0 aliphatic carbocycles. The lowest BCUT2D eigenvalue weighted by Crippen LogP contribution is -2.31.